The summed E-state index contributed by atoms with van der Waals surface area (Å²) in [7, 11) is 0. The molecule has 0 saturated carbocycles. The quantitative estimate of drug-likeness (QED) is 0.595. The third kappa shape index (κ3) is 2.75. The van der Waals surface area contributed by atoms with E-state index in [-0.39, 0.29) is 17.2 Å². The summed E-state index contributed by atoms with van der Waals surface area (Å²) >= 11 is 0. The molecule has 0 spiro atoms. The second-order valence-corrected chi connectivity index (χ2v) is 6.80. The first-order valence-electron chi connectivity index (χ1n) is 8.77. The molecule has 0 atom stereocenters. The molecule has 0 aliphatic carbocycles. The number of nitrogens with zero attached hydrogens (tertiary/aromatic N) is 2. The maximum Gasteiger partial charge on any atom is 0.294 e. The van der Waals surface area contributed by atoms with Crippen molar-refractivity contribution in [2.45, 2.75) is 33.4 Å². The molecule has 4 rings (SSSR count). The van der Waals surface area contributed by atoms with Crippen molar-refractivity contribution in [2.24, 2.45) is 0 Å². The molecular weight excluding hydrogens is 326 g/mol. The van der Waals surface area contributed by atoms with Gasteiger partial charge in [0.05, 0.1) is 6.54 Å². The van der Waals surface area contributed by atoms with Gasteiger partial charge in [0.1, 0.15) is 16.9 Å². The molecule has 5 heteroatoms. The van der Waals surface area contributed by atoms with Gasteiger partial charge >= 0.3 is 0 Å². The van der Waals surface area contributed by atoms with Crippen molar-refractivity contribution in [2.75, 3.05) is 4.90 Å². The van der Waals surface area contributed by atoms with Crippen molar-refractivity contribution in [1.29, 1.82) is 0 Å². The lowest BCUT2D eigenvalue weighted by molar-refractivity contribution is 0.646. The van der Waals surface area contributed by atoms with Crippen LogP contribution in [0.4, 0.5) is 5.69 Å². The van der Waals surface area contributed by atoms with Gasteiger partial charge in [-0.15, -0.1) is 0 Å². The summed E-state index contributed by atoms with van der Waals surface area (Å²) in [5, 5.41) is 0.863. The molecule has 2 heterocycles. The van der Waals surface area contributed by atoms with E-state index in [1.807, 2.05) is 36.4 Å². The average Bonchev–Trinajstić information content (AvgIpc) is 3.00. The fourth-order valence-electron chi connectivity index (χ4n) is 3.32. The fourth-order valence-corrected chi connectivity index (χ4v) is 3.32. The van der Waals surface area contributed by atoms with Crippen LogP contribution in [-0.4, -0.2) is 16.0 Å². The molecule has 0 unspecified atom stereocenters. The Kier molecular flexibility index (Phi) is 3.99. The van der Waals surface area contributed by atoms with Crippen LogP contribution in [0.15, 0.2) is 57.7 Å². The zero-order valence-electron chi connectivity index (χ0n) is 15.1. The first-order chi connectivity index (χ1) is 12.5. The van der Waals surface area contributed by atoms with Gasteiger partial charge in [-0.3, -0.25) is 4.79 Å². The van der Waals surface area contributed by atoms with Crippen LogP contribution in [0.5, 0.6) is 0 Å². The number of aromatic nitrogens is 2. The second kappa shape index (κ2) is 6.33. The van der Waals surface area contributed by atoms with Gasteiger partial charge in [0, 0.05) is 17.1 Å². The average molecular weight is 347 g/mol. The minimum Gasteiger partial charge on any atom is -0.449 e. The van der Waals surface area contributed by atoms with E-state index in [1.165, 1.54) is 5.56 Å². The summed E-state index contributed by atoms with van der Waals surface area (Å²) in [4.78, 5) is 22.3. The van der Waals surface area contributed by atoms with E-state index in [1.54, 1.807) is 0 Å². The summed E-state index contributed by atoms with van der Waals surface area (Å²) < 4.78 is 5.67. The van der Waals surface area contributed by atoms with E-state index in [9.17, 15) is 4.79 Å². The number of benzene rings is 2. The van der Waals surface area contributed by atoms with Crippen molar-refractivity contribution in [3.8, 4) is 0 Å². The molecular formula is C21H21N3O2. The minimum atomic E-state index is -0.241. The standard InChI is InChI=1S/C21H21N3O2/c1-13(2)24(16-10-6-4-8-14(16)3)12-18-22-19-15-9-5-7-11-17(15)26-20(19)21(25)23-18/h4-11,13H,12H2,1-3H3,(H,22,23,25). The minimum absolute atomic E-state index is 0.241. The number of anilines is 1. The number of rotatable bonds is 4. The van der Waals surface area contributed by atoms with E-state index >= 15 is 0 Å². The zero-order valence-corrected chi connectivity index (χ0v) is 15.1. The van der Waals surface area contributed by atoms with E-state index < -0.39 is 0 Å². The Labute approximate surface area is 151 Å². The fraction of sp³-hybridized carbons (Fsp3) is 0.238. The van der Waals surface area contributed by atoms with Crippen molar-refractivity contribution in [3.05, 3.63) is 70.3 Å². The number of nitrogens with one attached hydrogen (secondary N) is 1. The Balaban J connectivity index is 1.82. The molecule has 2 aromatic heterocycles. The Morgan fingerprint density at radius 1 is 1.12 bits per heavy atom. The lowest BCUT2D eigenvalue weighted by Gasteiger charge is -2.29. The van der Waals surface area contributed by atoms with E-state index in [2.05, 4.69) is 42.8 Å². The van der Waals surface area contributed by atoms with Crippen LogP contribution in [0, 0.1) is 6.92 Å². The third-order valence-electron chi connectivity index (χ3n) is 4.65. The normalized spacial score (nSPS) is 11.5. The Morgan fingerprint density at radius 2 is 1.85 bits per heavy atom. The molecule has 0 aliphatic rings. The van der Waals surface area contributed by atoms with Gasteiger partial charge in [-0.25, -0.2) is 4.98 Å². The number of aromatic amines is 1. The highest BCUT2D eigenvalue weighted by Crippen LogP contribution is 2.26. The van der Waals surface area contributed by atoms with Crippen LogP contribution in [0.3, 0.4) is 0 Å². The topological polar surface area (TPSA) is 62.1 Å². The van der Waals surface area contributed by atoms with E-state index in [4.69, 9.17) is 9.40 Å². The number of fused-ring (bicyclic) bond motifs is 3. The number of H-pyrrole nitrogens is 1. The number of furan rings is 1. The number of hydrogen-bond acceptors (Lipinski definition) is 4. The SMILES string of the molecule is Cc1ccccc1N(Cc1nc2c(oc3ccccc32)c(=O)[nH]1)C(C)C. The van der Waals surface area contributed by atoms with Crippen molar-refractivity contribution >= 4 is 27.8 Å². The molecule has 0 saturated heterocycles. The van der Waals surface area contributed by atoms with Crippen LogP contribution in [-0.2, 0) is 6.54 Å². The molecule has 1 N–H and O–H groups in total. The zero-order chi connectivity index (χ0) is 18.3. The molecule has 0 fully saturated rings. The maximum atomic E-state index is 12.5. The molecule has 132 valence electrons. The summed E-state index contributed by atoms with van der Waals surface area (Å²) in [6.45, 7) is 6.88. The predicted octanol–water partition coefficient (Wildman–Crippen LogP) is 4.39. The van der Waals surface area contributed by atoms with Crippen LogP contribution >= 0.6 is 0 Å². The van der Waals surface area contributed by atoms with Crippen molar-refractivity contribution in [1.82, 2.24) is 9.97 Å². The highest BCUT2D eigenvalue weighted by atomic mass is 16.3. The Bertz CT molecular complexity index is 1140. The highest BCUT2D eigenvalue weighted by molar-refractivity contribution is 6.01. The molecule has 26 heavy (non-hydrogen) atoms. The first-order valence-corrected chi connectivity index (χ1v) is 8.77. The highest BCUT2D eigenvalue weighted by Gasteiger charge is 2.17. The van der Waals surface area contributed by atoms with Gasteiger partial charge < -0.3 is 14.3 Å². The predicted molar refractivity (Wildman–Crippen MR) is 105 cm³/mol. The van der Waals surface area contributed by atoms with E-state index in [0.29, 0.717) is 23.5 Å². The summed E-state index contributed by atoms with van der Waals surface area (Å²) in [6, 6.07) is 16.1. The van der Waals surface area contributed by atoms with Gasteiger partial charge in [0.25, 0.3) is 5.56 Å². The lowest BCUT2D eigenvalue weighted by atomic mass is 10.1. The number of para-hydroxylation sites is 2. The molecule has 2 aromatic carbocycles. The molecule has 0 amide bonds. The van der Waals surface area contributed by atoms with Gasteiger partial charge in [-0.05, 0) is 44.5 Å². The van der Waals surface area contributed by atoms with Gasteiger partial charge in [-0.1, -0.05) is 30.3 Å². The van der Waals surface area contributed by atoms with Crippen LogP contribution in [0.2, 0.25) is 0 Å². The molecule has 0 radical (unpaired) electrons. The Morgan fingerprint density at radius 3 is 2.62 bits per heavy atom. The van der Waals surface area contributed by atoms with Crippen molar-refractivity contribution in [3.63, 3.8) is 0 Å². The van der Waals surface area contributed by atoms with Crippen molar-refractivity contribution < 1.29 is 4.42 Å². The van der Waals surface area contributed by atoms with Crippen LogP contribution in [0.1, 0.15) is 25.2 Å². The van der Waals surface area contributed by atoms with E-state index in [0.717, 1.165) is 11.1 Å². The molecule has 0 bridgehead atoms. The smallest absolute Gasteiger partial charge is 0.294 e. The molecule has 4 aromatic rings. The molecule has 5 nitrogen and oxygen atoms in total. The van der Waals surface area contributed by atoms with Gasteiger partial charge in [0.15, 0.2) is 0 Å². The van der Waals surface area contributed by atoms with Crippen LogP contribution < -0.4 is 10.5 Å². The summed E-state index contributed by atoms with van der Waals surface area (Å²) in [5.74, 6) is 0.631. The van der Waals surface area contributed by atoms with Gasteiger partial charge in [0.2, 0.25) is 5.58 Å². The number of aryl methyl sites for hydroxylation is 1. The lowest BCUT2D eigenvalue weighted by Crippen LogP contribution is -2.32. The van der Waals surface area contributed by atoms with Gasteiger partial charge in [-0.2, -0.15) is 0 Å². The second-order valence-electron chi connectivity index (χ2n) is 6.80. The third-order valence-corrected chi connectivity index (χ3v) is 4.65. The molecule has 0 aliphatic heterocycles. The Hall–Kier alpha value is -3.08. The summed E-state index contributed by atoms with van der Waals surface area (Å²) in [6.07, 6.45) is 0. The van der Waals surface area contributed by atoms with Crippen LogP contribution in [0.25, 0.3) is 22.1 Å². The maximum absolute atomic E-state index is 12.5. The largest absolute Gasteiger partial charge is 0.449 e. The number of hydrogen-bond donors (Lipinski definition) is 1. The first kappa shape index (κ1) is 16.4. The summed E-state index contributed by atoms with van der Waals surface area (Å²) in [5.41, 5.74) is 3.67. The monoisotopic (exact) mass is 347 g/mol.